The Kier molecular flexibility index (Phi) is 5.98. The van der Waals surface area contributed by atoms with Gasteiger partial charge in [0.15, 0.2) is 0 Å². The number of piperidine rings is 1. The number of alkyl halides is 3. The van der Waals surface area contributed by atoms with Crippen LogP contribution in [0.15, 0.2) is 22.7 Å². The van der Waals surface area contributed by atoms with E-state index in [1.165, 1.54) is 11.0 Å². The van der Waals surface area contributed by atoms with E-state index < -0.39 is 24.2 Å². The van der Waals surface area contributed by atoms with E-state index in [2.05, 4.69) is 31.3 Å². The third-order valence-corrected chi connectivity index (χ3v) is 4.18. The molecular formula is C14H15BrF3N3O4. The van der Waals surface area contributed by atoms with Gasteiger partial charge in [0.05, 0.1) is 5.69 Å². The van der Waals surface area contributed by atoms with Crippen molar-refractivity contribution in [2.75, 3.05) is 18.4 Å². The Morgan fingerprint density at radius 3 is 2.44 bits per heavy atom. The fourth-order valence-electron chi connectivity index (χ4n) is 2.35. The molecule has 0 unspecified atom stereocenters. The standard InChI is InChI=1S/C14H15BrF3N3O4/c15-10-7-9(25-14(16,17)18)1-2-11(10)20-12(22)19-8-3-5-21(6-4-8)13(23)24/h1-2,7-8H,3-6H2,(H,23,24)(H2,19,20,22). The molecule has 1 aliphatic rings. The molecular weight excluding hydrogens is 411 g/mol. The predicted octanol–water partition coefficient (Wildman–Crippen LogP) is 3.61. The molecule has 1 fully saturated rings. The summed E-state index contributed by atoms with van der Waals surface area (Å²) in [5.74, 6) is -0.411. The molecule has 3 amide bonds. The van der Waals surface area contributed by atoms with Gasteiger partial charge in [0.2, 0.25) is 0 Å². The van der Waals surface area contributed by atoms with Crippen molar-refractivity contribution in [1.82, 2.24) is 10.2 Å². The SMILES string of the molecule is O=C(Nc1ccc(OC(F)(F)F)cc1Br)NC1CCN(C(=O)O)CC1. The van der Waals surface area contributed by atoms with Crippen molar-refractivity contribution >= 4 is 33.7 Å². The molecule has 0 spiro atoms. The van der Waals surface area contributed by atoms with Gasteiger partial charge in [-0.25, -0.2) is 9.59 Å². The van der Waals surface area contributed by atoms with Crippen molar-refractivity contribution in [2.45, 2.75) is 25.2 Å². The second kappa shape index (κ2) is 7.81. The van der Waals surface area contributed by atoms with Crippen LogP contribution in [0.5, 0.6) is 5.75 Å². The number of urea groups is 1. The summed E-state index contributed by atoms with van der Waals surface area (Å²) < 4.78 is 40.5. The molecule has 0 aliphatic carbocycles. The van der Waals surface area contributed by atoms with Gasteiger partial charge >= 0.3 is 18.5 Å². The summed E-state index contributed by atoms with van der Waals surface area (Å²) in [7, 11) is 0. The van der Waals surface area contributed by atoms with E-state index in [9.17, 15) is 22.8 Å². The Hall–Kier alpha value is -2.17. The normalized spacial score (nSPS) is 15.6. The molecule has 0 bridgehead atoms. The molecule has 1 saturated heterocycles. The van der Waals surface area contributed by atoms with Crippen molar-refractivity contribution in [3.63, 3.8) is 0 Å². The molecule has 2 rings (SSSR count). The number of hydrogen-bond acceptors (Lipinski definition) is 3. The first-order valence-electron chi connectivity index (χ1n) is 7.25. The Labute approximate surface area is 149 Å². The zero-order chi connectivity index (χ0) is 18.6. The molecule has 1 aromatic rings. The fourth-order valence-corrected chi connectivity index (χ4v) is 2.81. The summed E-state index contributed by atoms with van der Waals surface area (Å²) in [6.07, 6.45) is -4.82. The maximum Gasteiger partial charge on any atom is 0.573 e. The molecule has 11 heteroatoms. The van der Waals surface area contributed by atoms with E-state index in [0.717, 1.165) is 12.1 Å². The molecule has 1 aliphatic heterocycles. The van der Waals surface area contributed by atoms with Gasteiger partial charge in [0, 0.05) is 23.6 Å². The molecule has 1 heterocycles. The molecule has 3 N–H and O–H groups in total. The zero-order valence-corrected chi connectivity index (χ0v) is 14.4. The number of halogens is 4. The van der Waals surface area contributed by atoms with Crippen LogP contribution in [0, 0.1) is 0 Å². The minimum Gasteiger partial charge on any atom is -0.465 e. The average molecular weight is 426 g/mol. The highest BCUT2D eigenvalue weighted by atomic mass is 79.9. The van der Waals surface area contributed by atoms with Crippen LogP contribution in [-0.2, 0) is 0 Å². The molecule has 25 heavy (non-hydrogen) atoms. The van der Waals surface area contributed by atoms with Gasteiger partial charge in [-0.15, -0.1) is 13.2 Å². The lowest BCUT2D eigenvalue weighted by molar-refractivity contribution is -0.274. The molecule has 0 saturated carbocycles. The van der Waals surface area contributed by atoms with Crippen LogP contribution in [0.1, 0.15) is 12.8 Å². The van der Waals surface area contributed by atoms with Gasteiger partial charge in [-0.1, -0.05) is 0 Å². The number of hydrogen-bond donors (Lipinski definition) is 3. The molecule has 1 aromatic carbocycles. The average Bonchev–Trinajstić information content (AvgIpc) is 2.49. The number of nitrogens with one attached hydrogen (secondary N) is 2. The molecule has 0 radical (unpaired) electrons. The van der Waals surface area contributed by atoms with Crippen molar-refractivity contribution in [2.24, 2.45) is 0 Å². The number of anilines is 1. The predicted molar refractivity (Wildman–Crippen MR) is 85.6 cm³/mol. The lowest BCUT2D eigenvalue weighted by Crippen LogP contribution is -2.47. The number of benzene rings is 1. The van der Waals surface area contributed by atoms with E-state index in [4.69, 9.17) is 5.11 Å². The van der Waals surface area contributed by atoms with Crippen LogP contribution in [0.2, 0.25) is 0 Å². The number of carbonyl (C=O) groups excluding carboxylic acids is 1. The van der Waals surface area contributed by atoms with Crippen LogP contribution >= 0.6 is 15.9 Å². The second-order valence-electron chi connectivity index (χ2n) is 5.33. The molecule has 0 atom stereocenters. The lowest BCUT2D eigenvalue weighted by atomic mass is 10.1. The summed E-state index contributed by atoms with van der Waals surface area (Å²) >= 11 is 3.07. The van der Waals surface area contributed by atoms with Crippen molar-refractivity contribution in [1.29, 1.82) is 0 Å². The van der Waals surface area contributed by atoms with Gasteiger partial charge < -0.3 is 25.4 Å². The van der Waals surface area contributed by atoms with E-state index in [1.54, 1.807) is 0 Å². The van der Waals surface area contributed by atoms with Crippen LogP contribution in [0.4, 0.5) is 28.4 Å². The van der Waals surface area contributed by atoms with Gasteiger partial charge in [0.25, 0.3) is 0 Å². The van der Waals surface area contributed by atoms with Gasteiger partial charge in [-0.2, -0.15) is 0 Å². The number of amides is 3. The maximum absolute atomic E-state index is 12.2. The Balaban J connectivity index is 1.87. The quantitative estimate of drug-likeness (QED) is 0.689. The first kappa shape index (κ1) is 19.2. The number of likely N-dealkylation sites (tertiary alicyclic amines) is 1. The highest BCUT2D eigenvalue weighted by molar-refractivity contribution is 9.10. The number of carbonyl (C=O) groups is 2. The van der Waals surface area contributed by atoms with Crippen molar-refractivity contribution in [3.05, 3.63) is 22.7 Å². The van der Waals surface area contributed by atoms with Crippen LogP contribution in [0.3, 0.4) is 0 Å². The van der Waals surface area contributed by atoms with E-state index in [1.807, 2.05) is 0 Å². The highest BCUT2D eigenvalue weighted by Gasteiger charge is 2.31. The fraction of sp³-hybridized carbons (Fsp3) is 0.429. The van der Waals surface area contributed by atoms with Crippen LogP contribution in [-0.4, -0.2) is 47.6 Å². The molecule has 138 valence electrons. The number of carboxylic acid groups (broad SMARTS) is 1. The summed E-state index contributed by atoms with van der Waals surface area (Å²) in [6.45, 7) is 0.654. The summed E-state index contributed by atoms with van der Waals surface area (Å²) in [5.41, 5.74) is 0.273. The van der Waals surface area contributed by atoms with Gasteiger partial charge in [0.1, 0.15) is 5.75 Å². The van der Waals surface area contributed by atoms with Crippen LogP contribution in [0.25, 0.3) is 0 Å². The van der Waals surface area contributed by atoms with E-state index >= 15 is 0 Å². The summed E-state index contributed by atoms with van der Waals surface area (Å²) in [5, 5.41) is 14.1. The highest BCUT2D eigenvalue weighted by Crippen LogP contribution is 2.30. The summed E-state index contributed by atoms with van der Waals surface area (Å²) in [6, 6.07) is 2.74. The topological polar surface area (TPSA) is 90.9 Å². The smallest absolute Gasteiger partial charge is 0.465 e. The number of rotatable bonds is 3. The monoisotopic (exact) mass is 425 g/mol. The maximum atomic E-state index is 12.2. The second-order valence-corrected chi connectivity index (χ2v) is 6.19. The Morgan fingerprint density at radius 2 is 1.92 bits per heavy atom. The van der Waals surface area contributed by atoms with Gasteiger partial charge in [-0.3, -0.25) is 0 Å². The minimum atomic E-state index is -4.80. The third-order valence-electron chi connectivity index (χ3n) is 3.52. The first-order chi connectivity index (χ1) is 11.6. The summed E-state index contributed by atoms with van der Waals surface area (Å²) in [4.78, 5) is 24.1. The zero-order valence-electron chi connectivity index (χ0n) is 12.8. The molecule has 0 aromatic heterocycles. The van der Waals surface area contributed by atoms with Crippen LogP contribution < -0.4 is 15.4 Å². The number of nitrogens with zero attached hydrogens (tertiary/aromatic N) is 1. The van der Waals surface area contributed by atoms with Crippen molar-refractivity contribution < 1.29 is 32.6 Å². The lowest BCUT2D eigenvalue weighted by Gasteiger charge is -2.30. The van der Waals surface area contributed by atoms with E-state index in [0.29, 0.717) is 25.9 Å². The van der Waals surface area contributed by atoms with Crippen molar-refractivity contribution in [3.8, 4) is 5.75 Å². The Bertz CT molecular complexity index is 649. The number of ether oxygens (including phenoxy) is 1. The first-order valence-corrected chi connectivity index (χ1v) is 8.04. The minimum absolute atomic E-state index is 0.179. The molecule has 7 nitrogen and oxygen atoms in total. The third kappa shape index (κ3) is 6.00. The largest absolute Gasteiger partial charge is 0.573 e. The Morgan fingerprint density at radius 1 is 1.28 bits per heavy atom. The van der Waals surface area contributed by atoms with Gasteiger partial charge in [-0.05, 0) is 47.0 Å². The van der Waals surface area contributed by atoms with E-state index in [-0.39, 0.29) is 16.2 Å².